The van der Waals surface area contributed by atoms with Gasteiger partial charge in [-0.15, -0.1) is 0 Å². The standard InChI is InChI=1S/C14H8N4O3S/c19-22(20,21)12-2-1-6-3-7(12)14-17-10-4-8-9(5-11(10)18-14)16-13(6)15-8/h1-5H,(H,15,16)(H,17,18)(H,19,20,21). The zero-order chi connectivity index (χ0) is 15.1. The Morgan fingerprint density at radius 2 is 1.59 bits per heavy atom. The van der Waals surface area contributed by atoms with E-state index in [0.29, 0.717) is 22.2 Å². The van der Waals surface area contributed by atoms with Crippen LogP contribution >= 0.6 is 0 Å². The van der Waals surface area contributed by atoms with Gasteiger partial charge >= 0.3 is 0 Å². The molecule has 22 heavy (non-hydrogen) atoms. The average molecular weight is 312 g/mol. The third-order valence-corrected chi connectivity index (χ3v) is 4.78. The fourth-order valence-electron chi connectivity index (χ4n) is 2.87. The van der Waals surface area contributed by atoms with Crippen molar-refractivity contribution in [1.29, 1.82) is 0 Å². The molecule has 7 nitrogen and oxygen atoms in total. The van der Waals surface area contributed by atoms with Gasteiger partial charge in [0.1, 0.15) is 16.2 Å². The average Bonchev–Trinajstić information content (AvgIpc) is 3.04. The van der Waals surface area contributed by atoms with E-state index in [-0.39, 0.29) is 4.90 Å². The smallest absolute Gasteiger partial charge is 0.295 e. The van der Waals surface area contributed by atoms with Crippen molar-refractivity contribution in [3.05, 3.63) is 30.3 Å². The minimum absolute atomic E-state index is 0.184. The van der Waals surface area contributed by atoms with Gasteiger partial charge in [-0.2, -0.15) is 8.42 Å². The lowest BCUT2D eigenvalue weighted by Crippen LogP contribution is -1.99. The summed E-state index contributed by atoms with van der Waals surface area (Å²) in [7, 11) is -4.35. The number of hydrogen-bond acceptors (Lipinski definition) is 4. The van der Waals surface area contributed by atoms with E-state index in [1.807, 2.05) is 12.1 Å². The van der Waals surface area contributed by atoms with Crippen LogP contribution in [-0.2, 0) is 10.1 Å². The second kappa shape index (κ2) is 3.54. The van der Waals surface area contributed by atoms with Crippen LogP contribution in [0.25, 0.3) is 44.1 Å². The molecule has 0 spiro atoms. The van der Waals surface area contributed by atoms with Gasteiger partial charge in [0.15, 0.2) is 0 Å². The van der Waals surface area contributed by atoms with E-state index in [0.717, 1.165) is 21.9 Å². The Hall–Kier alpha value is -2.71. The first kappa shape index (κ1) is 11.9. The molecular weight excluding hydrogens is 304 g/mol. The van der Waals surface area contributed by atoms with Gasteiger partial charge in [0.25, 0.3) is 10.1 Å². The summed E-state index contributed by atoms with van der Waals surface area (Å²) < 4.78 is 32.7. The number of aromatic nitrogens is 4. The zero-order valence-electron chi connectivity index (χ0n) is 11.0. The maximum absolute atomic E-state index is 11.6. The summed E-state index contributed by atoms with van der Waals surface area (Å²) in [5.41, 5.74) is 4.17. The van der Waals surface area contributed by atoms with Crippen molar-refractivity contribution >= 4 is 54.3 Å². The molecule has 6 aromatic rings. The van der Waals surface area contributed by atoms with E-state index >= 15 is 0 Å². The van der Waals surface area contributed by atoms with Crippen molar-refractivity contribution in [3.63, 3.8) is 0 Å². The van der Waals surface area contributed by atoms with Crippen molar-refractivity contribution in [3.8, 4) is 0 Å². The molecule has 0 aliphatic heterocycles. The number of hydrogen-bond donors (Lipinski definition) is 3. The summed E-state index contributed by atoms with van der Waals surface area (Å²) in [6, 6.07) is 8.34. The first-order valence-corrected chi connectivity index (χ1v) is 7.95. The molecule has 0 aliphatic carbocycles. The fourth-order valence-corrected chi connectivity index (χ4v) is 3.54. The Kier molecular flexibility index (Phi) is 1.92. The molecular formula is C14H8N4O3S. The third-order valence-electron chi connectivity index (χ3n) is 3.87. The Balaban J connectivity index is 2.18. The highest BCUT2D eigenvalue weighted by Crippen LogP contribution is 2.28. The molecule has 0 radical (unpaired) electrons. The normalized spacial score (nSPS) is 13.1. The summed E-state index contributed by atoms with van der Waals surface area (Å²) in [6.45, 7) is 0. The first-order chi connectivity index (χ1) is 10.5. The van der Waals surface area contributed by atoms with Crippen LogP contribution in [0, 0.1) is 0 Å². The van der Waals surface area contributed by atoms with Gasteiger partial charge in [0, 0.05) is 10.8 Å². The lowest BCUT2D eigenvalue weighted by Gasteiger charge is -2.01. The van der Waals surface area contributed by atoms with Crippen LogP contribution in [0.3, 0.4) is 0 Å². The Labute approximate surface area is 123 Å². The van der Waals surface area contributed by atoms with Gasteiger partial charge in [-0.3, -0.25) is 4.55 Å². The Morgan fingerprint density at radius 1 is 0.909 bits per heavy atom. The molecule has 8 bridgehead atoms. The molecule has 0 fully saturated rings. The lowest BCUT2D eigenvalue weighted by atomic mass is 10.2. The van der Waals surface area contributed by atoms with E-state index in [1.165, 1.54) is 6.07 Å². The summed E-state index contributed by atoms with van der Waals surface area (Å²) in [5, 5.41) is 1.04. The molecule has 4 aromatic heterocycles. The first-order valence-electron chi connectivity index (χ1n) is 6.51. The molecule has 6 rings (SSSR count). The number of rotatable bonds is 1. The molecule has 8 heteroatoms. The van der Waals surface area contributed by atoms with Crippen LogP contribution in [0.2, 0.25) is 0 Å². The van der Waals surface area contributed by atoms with Crippen LogP contribution < -0.4 is 0 Å². The van der Waals surface area contributed by atoms with Crippen LogP contribution in [0.4, 0.5) is 0 Å². The van der Waals surface area contributed by atoms with Crippen molar-refractivity contribution in [2.24, 2.45) is 0 Å². The van der Waals surface area contributed by atoms with Crippen LogP contribution in [0.5, 0.6) is 0 Å². The molecule has 0 unspecified atom stereocenters. The SMILES string of the molecule is O=S(=O)(O)c1ccc2cc1c1nc3cc4nc2[nH]c4cc3[nH]1. The summed E-state index contributed by atoms with van der Waals surface area (Å²) in [6.07, 6.45) is 0. The largest absolute Gasteiger partial charge is 0.338 e. The number of benzene rings is 2. The number of nitrogens with zero attached hydrogens (tertiary/aromatic N) is 2. The molecule has 0 aliphatic rings. The monoisotopic (exact) mass is 312 g/mol. The Bertz CT molecular complexity index is 1250. The third kappa shape index (κ3) is 1.45. The quantitative estimate of drug-likeness (QED) is 0.412. The Morgan fingerprint density at radius 3 is 2.32 bits per heavy atom. The predicted octanol–water partition coefficient (Wildman–Crippen LogP) is 2.43. The van der Waals surface area contributed by atoms with Crippen molar-refractivity contribution < 1.29 is 13.0 Å². The molecule has 108 valence electrons. The number of imidazole rings is 2. The van der Waals surface area contributed by atoms with Gasteiger partial charge in [-0.05, 0) is 30.3 Å². The highest BCUT2D eigenvalue weighted by Gasteiger charge is 2.17. The summed E-state index contributed by atoms with van der Waals surface area (Å²) in [4.78, 5) is 15.0. The minimum atomic E-state index is -4.35. The van der Waals surface area contributed by atoms with E-state index in [4.69, 9.17) is 0 Å². The summed E-state index contributed by atoms with van der Waals surface area (Å²) in [5.74, 6) is 0. The number of aromatic amines is 2. The highest BCUT2D eigenvalue weighted by atomic mass is 32.2. The van der Waals surface area contributed by atoms with Crippen LogP contribution in [0.15, 0.2) is 35.2 Å². The summed E-state index contributed by atoms with van der Waals surface area (Å²) >= 11 is 0. The van der Waals surface area contributed by atoms with E-state index in [2.05, 4.69) is 19.9 Å². The maximum atomic E-state index is 11.6. The molecule has 0 atom stereocenters. The predicted molar refractivity (Wildman–Crippen MR) is 81.8 cm³/mol. The van der Waals surface area contributed by atoms with Crippen molar-refractivity contribution in [2.45, 2.75) is 4.90 Å². The molecule has 2 aromatic carbocycles. The van der Waals surface area contributed by atoms with E-state index in [1.54, 1.807) is 12.1 Å². The van der Waals surface area contributed by atoms with Crippen LogP contribution in [-0.4, -0.2) is 32.9 Å². The van der Waals surface area contributed by atoms with Gasteiger partial charge in [0.2, 0.25) is 0 Å². The van der Waals surface area contributed by atoms with Crippen molar-refractivity contribution in [2.75, 3.05) is 0 Å². The topological polar surface area (TPSA) is 112 Å². The van der Waals surface area contributed by atoms with E-state index < -0.39 is 10.1 Å². The zero-order valence-corrected chi connectivity index (χ0v) is 11.8. The van der Waals surface area contributed by atoms with E-state index in [9.17, 15) is 13.0 Å². The molecule has 3 N–H and O–H groups in total. The second-order valence-electron chi connectivity index (χ2n) is 5.24. The number of nitrogens with one attached hydrogen (secondary N) is 2. The molecule has 4 heterocycles. The van der Waals surface area contributed by atoms with Gasteiger partial charge in [0.05, 0.1) is 22.1 Å². The fraction of sp³-hybridized carbons (Fsp3) is 0. The maximum Gasteiger partial charge on any atom is 0.295 e. The van der Waals surface area contributed by atoms with Gasteiger partial charge in [-0.1, -0.05) is 0 Å². The van der Waals surface area contributed by atoms with Crippen LogP contribution in [0.1, 0.15) is 0 Å². The second-order valence-corrected chi connectivity index (χ2v) is 6.63. The van der Waals surface area contributed by atoms with Gasteiger partial charge < -0.3 is 9.97 Å². The van der Waals surface area contributed by atoms with Crippen molar-refractivity contribution in [1.82, 2.24) is 19.9 Å². The molecule has 0 saturated heterocycles. The highest BCUT2D eigenvalue weighted by molar-refractivity contribution is 7.86. The molecule has 0 amide bonds. The number of H-pyrrole nitrogens is 2. The van der Waals surface area contributed by atoms with Gasteiger partial charge in [-0.25, -0.2) is 9.97 Å². The lowest BCUT2D eigenvalue weighted by molar-refractivity contribution is 0.484. The minimum Gasteiger partial charge on any atom is -0.338 e. The molecule has 0 saturated carbocycles.